The number of likely N-dealkylation sites (tertiary alicyclic amines) is 1. The fourth-order valence-electron chi connectivity index (χ4n) is 4.00. The number of rotatable bonds is 8. The van der Waals surface area contributed by atoms with Gasteiger partial charge >= 0.3 is 0 Å². The van der Waals surface area contributed by atoms with Gasteiger partial charge in [0, 0.05) is 45.3 Å². The first-order valence-electron chi connectivity index (χ1n) is 9.82. The lowest BCUT2D eigenvalue weighted by Gasteiger charge is -2.42. The van der Waals surface area contributed by atoms with Crippen molar-refractivity contribution in [2.45, 2.75) is 25.3 Å². The monoisotopic (exact) mass is 347 g/mol. The normalized spacial score (nSPS) is 21.5. The summed E-state index contributed by atoms with van der Waals surface area (Å²) < 4.78 is 5.79. The van der Waals surface area contributed by atoms with E-state index in [1.54, 1.807) is 0 Å². The number of aliphatic hydroxyl groups is 1. The topological polar surface area (TPSA) is 39.2 Å². The molecule has 0 aromatic heterocycles. The molecule has 1 aromatic carbocycles. The molecule has 5 heteroatoms. The maximum absolute atomic E-state index is 9.05. The van der Waals surface area contributed by atoms with Crippen LogP contribution in [0.5, 0.6) is 5.75 Å². The van der Waals surface area contributed by atoms with Gasteiger partial charge in [0.15, 0.2) is 0 Å². The zero-order valence-corrected chi connectivity index (χ0v) is 15.4. The molecular formula is C20H33N3O2. The summed E-state index contributed by atoms with van der Waals surface area (Å²) in [7, 11) is 0. The maximum Gasteiger partial charge on any atom is 0.119 e. The van der Waals surface area contributed by atoms with E-state index in [1.165, 1.54) is 25.9 Å². The average molecular weight is 348 g/mol. The van der Waals surface area contributed by atoms with Crippen molar-refractivity contribution in [2.75, 3.05) is 65.6 Å². The van der Waals surface area contributed by atoms with Gasteiger partial charge in [0.2, 0.25) is 0 Å². The van der Waals surface area contributed by atoms with Crippen molar-refractivity contribution in [3.63, 3.8) is 0 Å². The van der Waals surface area contributed by atoms with Gasteiger partial charge in [-0.3, -0.25) is 9.80 Å². The van der Waals surface area contributed by atoms with Gasteiger partial charge in [0.05, 0.1) is 13.2 Å². The summed E-state index contributed by atoms with van der Waals surface area (Å²) in [5, 5.41) is 9.05. The van der Waals surface area contributed by atoms with E-state index in [2.05, 4.69) is 14.7 Å². The molecule has 1 aromatic rings. The highest BCUT2D eigenvalue weighted by molar-refractivity contribution is 5.20. The van der Waals surface area contributed by atoms with Crippen molar-refractivity contribution >= 4 is 0 Å². The fraction of sp³-hybridized carbons (Fsp3) is 0.700. The third kappa shape index (κ3) is 5.96. The molecule has 140 valence electrons. The summed E-state index contributed by atoms with van der Waals surface area (Å²) in [5.74, 6) is 0.974. The summed E-state index contributed by atoms with van der Waals surface area (Å²) in [6.07, 6.45) is 3.68. The molecule has 0 radical (unpaired) electrons. The third-order valence-corrected chi connectivity index (χ3v) is 5.53. The van der Waals surface area contributed by atoms with E-state index in [-0.39, 0.29) is 6.61 Å². The van der Waals surface area contributed by atoms with Gasteiger partial charge in [-0.05, 0) is 44.5 Å². The van der Waals surface area contributed by atoms with Crippen LogP contribution in [0.4, 0.5) is 0 Å². The first-order valence-corrected chi connectivity index (χ1v) is 9.82. The Hall–Kier alpha value is -1.14. The summed E-state index contributed by atoms with van der Waals surface area (Å²) in [6, 6.07) is 10.8. The van der Waals surface area contributed by atoms with Crippen LogP contribution in [-0.4, -0.2) is 91.4 Å². The number of ether oxygens (including phenoxy) is 1. The molecule has 25 heavy (non-hydrogen) atoms. The van der Waals surface area contributed by atoms with Crippen LogP contribution in [0.1, 0.15) is 19.3 Å². The standard InChI is InChI=1S/C20H33N3O2/c24-17-16-22-12-14-23(15-13-22)19-7-10-21(11-8-19)9-4-18-25-20-5-2-1-3-6-20/h1-3,5-6,19,24H,4,7-18H2. The molecule has 0 atom stereocenters. The Balaban J connectivity index is 1.27. The Morgan fingerprint density at radius 2 is 1.56 bits per heavy atom. The Kier molecular flexibility index (Phi) is 7.55. The van der Waals surface area contributed by atoms with E-state index in [0.717, 1.165) is 64.1 Å². The number of para-hydroxylation sites is 1. The molecule has 2 aliphatic rings. The largest absolute Gasteiger partial charge is 0.494 e. The van der Waals surface area contributed by atoms with Crippen LogP contribution >= 0.6 is 0 Å². The van der Waals surface area contributed by atoms with E-state index in [9.17, 15) is 0 Å². The quantitative estimate of drug-likeness (QED) is 0.722. The second-order valence-electron chi connectivity index (χ2n) is 7.19. The Labute approximate surface area is 152 Å². The van der Waals surface area contributed by atoms with Crippen LogP contribution in [0.15, 0.2) is 30.3 Å². The SMILES string of the molecule is OCCN1CCN(C2CCN(CCCOc3ccccc3)CC2)CC1. The second-order valence-corrected chi connectivity index (χ2v) is 7.19. The molecule has 2 saturated heterocycles. The highest BCUT2D eigenvalue weighted by Crippen LogP contribution is 2.18. The van der Waals surface area contributed by atoms with Gasteiger partial charge in [-0.1, -0.05) is 18.2 Å². The molecule has 2 heterocycles. The fourth-order valence-corrected chi connectivity index (χ4v) is 4.00. The number of aliphatic hydroxyl groups excluding tert-OH is 1. The molecular weight excluding hydrogens is 314 g/mol. The summed E-state index contributed by atoms with van der Waals surface area (Å²) in [5.41, 5.74) is 0. The number of piperidine rings is 1. The van der Waals surface area contributed by atoms with E-state index in [0.29, 0.717) is 0 Å². The predicted octanol–water partition coefficient (Wildman–Crippen LogP) is 1.53. The van der Waals surface area contributed by atoms with Gasteiger partial charge in [0.25, 0.3) is 0 Å². The van der Waals surface area contributed by atoms with Crippen molar-refractivity contribution in [1.29, 1.82) is 0 Å². The molecule has 1 N–H and O–H groups in total. The Morgan fingerprint density at radius 1 is 0.880 bits per heavy atom. The van der Waals surface area contributed by atoms with Gasteiger partial charge < -0.3 is 14.7 Å². The molecule has 5 nitrogen and oxygen atoms in total. The average Bonchev–Trinajstić information content (AvgIpc) is 2.68. The molecule has 0 spiro atoms. The molecule has 0 amide bonds. The molecule has 2 fully saturated rings. The van der Waals surface area contributed by atoms with Crippen molar-refractivity contribution in [1.82, 2.24) is 14.7 Å². The molecule has 0 bridgehead atoms. The molecule has 0 saturated carbocycles. The third-order valence-electron chi connectivity index (χ3n) is 5.53. The van der Waals surface area contributed by atoms with E-state index < -0.39 is 0 Å². The van der Waals surface area contributed by atoms with E-state index >= 15 is 0 Å². The lowest BCUT2D eigenvalue weighted by Crippen LogP contribution is -2.53. The zero-order valence-electron chi connectivity index (χ0n) is 15.4. The van der Waals surface area contributed by atoms with Crippen LogP contribution in [0.2, 0.25) is 0 Å². The molecule has 3 rings (SSSR count). The number of nitrogens with zero attached hydrogens (tertiary/aromatic N) is 3. The second kappa shape index (κ2) is 10.1. The maximum atomic E-state index is 9.05. The Bertz CT molecular complexity index is 469. The van der Waals surface area contributed by atoms with Crippen molar-refractivity contribution in [3.05, 3.63) is 30.3 Å². The Morgan fingerprint density at radius 3 is 2.24 bits per heavy atom. The van der Waals surface area contributed by atoms with Gasteiger partial charge in [-0.25, -0.2) is 0 Å². The first-order chi connectivity index (χ1) is 12.3. The predicted molar refractivity (Wildman–Crippen MR) is 101 cm³/mol. The van der Waals surface area contributed by atoms with Crippen molar-refractivity contribution in [3.8, 4) is 5.75 Å². The van der Waals surface area contributed by atoms with Crippen LogP contribution in [0.3, 0.4) is 0 Å². The highest BCUT2D eigenvalue weighted by atomic mass is 16.5. The lowest BCUT2D eigenvalue weighted by atomic mass is 10.0. The lowest BCUT2D eigenvalue weighted by molar-refractivity contribution is 0.0522. The molecule has 0 unspecified atom stereocenters. The van der Waals surface area contributed by atoms with Gasteiger partial charge in [0.1, 0.15) is 5.75 Å². The number of hydrogen-bond acceptors (Lipinski definition) is 5. The molecule has 2 aliphatic heterocycles. The van der Waals surface area contributed by atoms with E-state index in [1.807, 2.05) is 30.3 Å². The van der Waals surface area contributed by atoms with Crippen LogP contribution in [0.25, 0.3) is 0 Å². The summed E-state index contributed by atoms with van der Waals surface area (Å²) >= 11 is 0. The van der Waals surface area contributed by atoms with Crippen molar-refractivity contribution < 1.29 is 9.84 Å². The van der Waals surface area contributed by atoms with Gasteiger partial charge in [-0.15, -0.1) is 0 Å². The van der Waals surface area contributed by atoms with E-state index in [4.69, 9.17) is 9.84 Å². The number of benzene rings is 1. The minimum absolute atomic E-state index is 0.284. The van der Waals surface area contributed by atoms with Gasteiger partial charge in [-0.2, -0.15) is 0 Å². The number of hydrogen-bond donors (Lipinski definition) is 1. The zero-order chi connectivity index (χ0) is 17.3. The van der Waals surface area contributed by atoms with Crippen molar-refractivity contribution in [2.24, 2.45) is 0 Å². The molecule has 0 aliphatic carbocycles. The minimum atomic E-state index is 0.284. The van der Waals surface area contributed by atoms with Crippen LogP contribution in [0, 0.1) is 0 Å². The number of β-amino-alcohol motifs (C(OH)–C–C–N with tert-alkyl or cyclic N) is 1. The summed E-state index contributed by atoms with van der Waals surface area (Å²) in [6.45, 7) is 10.0. The first kappa shape index (κ1) is 18.6. The van der Waals surface area contributed by atoms with Crippen LogP contribution in [-0.2, 0) is 0 Å². The highest BCUT2D eigenvalue weighted by Gasteiger charge is 2.26. The minimum Gasteiger partial charge on any atom is -0.494 e. The number of piperazine rings is 1. The smallest absolute Gasteiger partial charge is 0.119 e. The van der Waals surface area contributed by atoms with Crippen LogP contribution < -0.4 is 4.74 Å². The summed E-state index contributed by atoms with van der Waals surface area (Å²) in [4.78, 5) is 7.63.